The Morgan fingerprint density at radius 1 is 1.09 bits per heavy atom. The predicted molar refractivity (Wildman–Crippen MR) is 125 cm³/mol. The summed E-state index contributed by atoms with van der Waals surface area (Å²) in [6.07, 6.45) is 2.18. The minimum Gasteiger partial charge on any atom is -0.423 e. The number of amides is 1. The summed E-state index contributed by atoms with van der Waals surface area (Å²) in [7, 11) is 0. The number of rotatable bonds is 6. The monoisotopic (exact) mass is 483 g/mol. The summed E-state index contributed by atoms with van der Waals surface area (Å²) in [5.74, 6) is 0.950. The zero-order chi connectivity index (χ0) is 23.1. The van der Waals surface area contributed by atoms with Crippen molar-refractivity contribution in [1.29, 1.82) is 0 Å². The molecule has 170 valence electrons. The molecule has 0 bridgehead atoms. The molecule has 1 aliphatic carbocycles. The average Bonchev–Trinajstić information content (AvgIpc) is 3.55. The third-order valence-electron chi connectivity index (χ3n) is 6.14. The molecule has 3 aromatic rings. The van der Waals surface area contributed by atoms with Crippen LogP contribution < -0.4 is 0 Å². The van der Waals surface area contributed by atoms with Crippen LogP contribution in [0.4, 0.5) is 0 Å². The lowest BCUT2D eigenvalue weighted by Crippen LogP contribution is -2.52. The number of carbonyl (C=O) groups excluding carboxylic acids is 1. The van der Waals surface area contributed by atoms with Crippen LogP contribution in [0.25, 0.3) is 0 Å². The van der Waals surface area contributed by atoms with Crippen LogP contribution in [0, 0.1) is 12.8 Å². The highest BCUT2D eigenvalue weighted by Crippen LogP contribution is 2.52. The normalized spacial score (nSPS) is 24.0. The lowest BCUT2D eigenvalue weighted by molar-refractivity contribution is -0.175. The number of morpholine rings is 1. The van der Waals surface area contributed by atoms with Gasteiger partial charge in [-0.3, -0.25) is 4.79 Å². The SMILES string of the molecule is C=CC1OC(c2cccc(Cl)c2)C(c2ccc(Cl)cc2)N(C(c2nnc(C)o2)C2CC2)C1=O. The first-order chi connectivity index (χ1) is 16.0. The molecule has 33 heavy (non-hydrogen) atoms. The number of hydrogen-bond donors (Lipinski definition) is 0. The summed E-state index contributed by atoms with van der Waals surface area (Å²) < 4.78 is 12.2. The molecule has 2 fully saturated rings. The van der Waals surface area contributed by atoms with Crippen molar-refractivity contribution in [2.75, 3.05) is 0 Å². The summed E-state index contributed by atoms with van der Waals surface area (Å²) >= 11 is 12.5. The Balaban J connectivity index is 1.69. The molecule has 6 nitrogen and oxygen atoms in total. The molecule has 1 saturated heterocycles. The van der Waals surface area contributed by atoms with Crippen molar-refractivity contribution in [2.45, 2.75) is 44.1 Å². The molecule has 0 radical (unpaired) electrons. The molecule has 2 aromatic carbocycles. The summed E-state index contributed by atoms with van der Waals surface area (Å²) in [6.45, 7) is 5.60. The molecule has 4 unspecified atom stereocenters. The zero-order valence-corrected chi connectivity index (χ0v) is 19.5. The van der Waals surface area contributed by atoms with Crippen LogP contribution in [0.2, 0.25) is 10.0 Å². The standard InChI is InChI=1S/C25H23Cl2N3O3/c1-3-20-25(31)30(22(16-7-8-16)24-29-28-14(2)32-24)21(15-9-11-18(26)12-10-15)23(33-20)17-5-4-6-19(27)13-17/h3-6,9-13,16,20-23H,1,7-8H2,2H3. The van der Waals surface area contributed by atoms with Crippen LogP contribution in [-0.4, -0.2) is 27.1 Å². The molecule has 0 spiro atoms. The van der Waals surface area contributed by atoms with Crippen molar-refractivity contribution in [3.05, 3.63) is 94.1 Å². The molecule has 1 saturated carbocycles. The molecule has 5 rings (SSSR count). The topological polar surface area (TPSA) is 68.5 Å². The second-order valence-corrected chi connectivity index (χ2v) is 9.32. The quantitative estimate of drug-likeness (QED) is 0.400. The van der Waals surface area contributed by atoms with E-state index in [4.69, 9.17) is 32.4 Å². The molecule has 8 heteroatoms. The highest BCUT2D eigenvalue weighted by atomic mass is 35.5. The second-order valence-electron chi connectivity index (χ2n) is 8.45. The molecule has 1 aliphatic heterocycles. The smallest absolute Gasteiger partial charge is 0.257 e. The van der Waals surface area contributed by atoms with E-state index < -0.39 is 18.2 Å². The van der Waals surface area contributed by atoms with Gasteiger partial charge in [0.2, 0.25) is 11.8 Å². The number of hydrogen-bond acceptors (Lipinski definition) is 5. The van der Waals surface area contributed by atoms with E-state index in [0.29, 0.717) is 21.8 Å². The van der Waals surface area contributed by atoms with Gasteiger partial charge in [-0.05, 0) is 54.2 Å². The van der Waals surface area contributed by atoms with Gasteiger partial charge in [-0.2, -0.15) is 0 Å². The van der Waals surface area contributed by atoms with Crippen molar-refractivity contribution in [3.8, 4) is 0 Å². The largest absolute Gasteiger partial charge is 0.423 e. The van der Waals surface area contributed by atoms with Gasteiger partial charge in [0.15, 0.2) is 6.10 Å². The number of aryl methyl sites for hydroxylation is 1. The van der Waals surface area contributed by atoms with Crippen molar-refractivity contribution in [2.24, 2.45) is 5.92 Å². The summed E-state index contributed by atoms with van der Waals surface area (Å²) in [5.41, 5.74) is 1.75. The predicted octanol–water partition coefficient (Wildman–Crippen LogP) is 6.03. The fourth-order valence-electron chi connectivity index (χ4n) is 4.52. The van der Waals surface area contributed by atoms with E-state index in [1.165, 1.54) is 6.08 Å². The summed E-state index contributed by atoms with van der Waals surface area (Å²) in [6, 6.07) is 14.2. The van der Waals surface area contributed by atoms with Gasteiger partial charge in [-0.15, -0.1) is 10.2 Å². The van der Waals surface area contributed by atoms with E-state index in [9.17, 15) is 4.79 Å². The van der Waals surface area contributed by atoms with Gasteiger partial charge in [0, 0.05) is 17.0 Å². The first-order valence-corrected chi connectivity index (χ1v) is 11.6. The van der Waals surface area contributed by atoms with Crippen LogP contribution >= 0.6 is 23.2 Å². The van der Waals surface area contributed by atoms with Crippen LogP contribution in [-0.2, 0) is 9.53 Å². The Labute approximate surface area is 202 Å². The van der Waals surface area contributed by atoms with Gasteiger partial charge in [-0.25, -0.2) is 0 Å². The van der Waals surface area contributed by atoms with Gasteiger partial charge in [0.1, 0.15) is 12.1 Å². The van der Waals surface area contributed by atoms with Crippen molar-refractivity contribution >= 4 is 29.1 Å². The number of carbonyl (C=O) groups is 1. The molecule has 1 aromatic heterocycles. The third kappa shape index (κ3) is 4.31. The molecule has 4 atom stereocenters. The molecular formula is C25H23Cl2N3O3. The number of ether oxygens (including phenoxy) is 1. The number of benzene rings is 2. The minimum atomic E-state index is -0.817. The van der Waals surface area contributed by atoms with Crippen molar-refractivity contribution in [3.63, 3.8) is 0 Å². The van der Waals surface area contributed by atoms with Crippen LogP contribution in [0.15, 0.2) is 65.6 Å². The maximum atomic E-state index is 13.8. The first kappa shape index (κ1) is 22.1. The summed E-state index contributed by atoms with van der Waals surface area (Å²) in [5, 5.41) is 9.54. The number of aromatic nitrogens is 2. The fourth-order valence-corrected chi connectivity index (χ4v) is 4.84. The Kier molecular flexibility index (Phi) is 5.99. The Hall–Kier alpha value is -2.67. The van der Waals surface area contributed by atoms with E-state index in [2.05, 4.69) is 16.8 Å². The van der Waals surface area contributed by atoms with Crippen molar-refractivity contribution in [1.82, 2.24) is 15.1 Å². The van der Waals surface area contributed by atoms with Crippen LogP contribution in [0.5, 0.6) is 0 Å². The molecule has 0 N–H and O–H groups in total. The number of nitrogens with zero attached hydrogens (tertiary/aromatic N) is 3. The van der Waals surface area contributed by atoms with Gasteiger partial charge < -0.3 is 14.1 Å². The fraction of sp³-hybridized carbons (Fsp3) is 0.320. The van der Waals surface area contributed by atoms with E-state index in [0.717, 1.165) is 24.0 Å². The highest BCUT2D eigenvalue weighted by molar-refractivity contribution is 6.30. The van der Waals surface area contributed by atoms with Gasteiger partial charge >= 0.3 is 0 Å². The Morgan fingerprint density at radius 2 is 1.85 bits per heavy atom. The maximum absolute atomic E-state index is 13.8. The maximum Gasteiger partial charge on any atom is 0.257 e. The Bertz CT molecular complexity index is 1180. The molecular weight excluding hydrogens is 461 g/mol. The lowest BCUT2D eigenvalue weighted by Gasteiger charge is -2.47. The van der Waals surface area contributed by atoms with E-state index in [-0.39, 0.29) is 17.9 Å². The zero-order valence-electron chi connectivity index (χ0n) is 18.0. The third-order valence-corrected chi connectivity index (χ3v) is 6.63. The van der Waals surface area contributed by atoms with E-state index in [1.54, 1.807) is 6.92 Å². The van der Waals surface area contributed by atoms with Gasteiger partial charge in [0.05, 0.1) is 6.04 Å². The summed E-state index contributed by atoms with van der Waals surface area (Å²) in [4.78, 5) is 15.6. The van der Waals surface area contributed by atoms with E-state index >= 15 is 0 Å². The van der Waals surface area contributed by atoms with Crippen LogP contribution in [0.1, 0.15) is 53.9 Å². The molecule has 2 aliphatic rings. The molecule has 2 heterocycles. The second kappa shape index (κ2) is 8.93. The average molecular weight is 484 g/mol. The van der Waals surface area contributed by atoms with Crippen molar-refractivity contribution < 1.29 is 13.9 Å². The number of halogens is 2. The Morgan fingerprint density at radius 3 is 2.45 bits per heavy atom. The van der Waals surface area contributed by atoms with Gasteiger partial charge in [-0.1, -0.05) is 60.1 Å². The van der Waals surface area contributed by atoms with Crippen LogP contribution in [0.3, 0.4) is 0 Å². The molecule has 1 amide bonds. The minimum absolute atomic E-state index is 0.184. The van der Waals surface area contributed by atoms with E-state index in [1.807, 2.05) is 53.4 Å². The van der Waals surface area contributed by atoms with Gasteiger partial charge in [0.25, 0.3) is 5.91 Å². The highest BCUT2D eigenvalue weighted by Gasteiger charge is 2.51. The first-order valence-electron chi connectivity index (χ1n) is 10.9. The lowest BCUT2D eigenvalue weighted by atomic mass is 9.89.